The number of hydrogen-bond acceptors (Lipinski definition) is 3. The van der Waals surface area contributed by atoms with Crippen molar-refractivity contribution in [1.29, 1.82) is 0 Å². The van der Waals surface area contributed by atoms with E-state index in [0.29, 0.717) is 6.42 Å². The van der Waals surface area contributed by atoms with Gasteiger partial charge in [0.1, 0.15) is 0 Å². The largest absolute Gasteiger partial charge is 0.298 e. The van der Waals surface area contributed by atoms with Crippen LogP contribution in [0.4, 0.5) is 0 Å². The maximum atomic E-state index is 11.1. The van der Waals surface area contributed by atoms with Gasteiger partial charge in [0.25, 0.3) is 0 Å². The van der Waals surface area contributed by atoms with Crippen LogP contribution in [0.1, 0.15) is 39.0 Å². The van der Waals surface area contributed by atoms with Crippen molar-refractivity contribution >= 4 is 17.3 Å². The minimum Gasteiger partial charge on any atom is -0.298 e. The minimum atomic E-state index is -0.598. The van der Waals surface area contributed by atoms with Crippen LogP contribution in [0.2, 0.25) is 0 Å². The second kappa shape index (κ2) is 4.30. The molecule has 0 bridgehead atoms. The molecule has 3 heteroatoms. The third kappa shape index (κ3) is 2.23. The topological polar surface area (TPSA) is 51.2 Å². The number of hydrogen-bond donors (Lipinski definition) is 0. The normalized spacial score (nSPS) is 22.8. The fourth-order valence-corrected chi connectivity index (χ4v) is 1.60. The van der Waals surface area contributed by atoms with Crippen molar-refractivity contribution in [3.05, 3.63) is 0 Å². The number of carbonyl (C=O) groups excluding carboxylic acids is 3. The molecule has 0 aliphatic heterocycles. The first-order valence-corrected chi connectivity index (χ1v) is 4.76. The monoisotopic (exact) mass is 182 g/mol. The summed E-state index contributed by atoms with van der Waals surface area (Å²) in [7, 11) is 0. The number of carbonyl (C=O) groups is 3. The third-order valence-electron chi connectivity index (χ3n) is 2.41. The van der Waals surface area contributed by atoms with Gasteiger partial charge in [-0.25, -0.2) is 0 Å². The van der Waals surface area contributed by atoms with Gasteiger partial charge in [0.2, 0.25) is 11.6 Å². The fraction of sp³-hybridized carbons (Fsp3) is 0.700. The molecule has 0 radical (unpaired) electrons. The Balaban J connectivity index is 2.45. The lowest BCUT2D eigenvalue weighted by Crippen LogP contribution is -2.16. The average molecular weight is 182 g/mol. The van der Waals surface area contributed by atoms with Crippen molar-refractivity contribution in [2.24, 2.45) is 5.92 Å². The van der Waals surface area contributed by atoms with E-state index in [4.69, 9.17) is 0 Å². The molecule has 72 valence electrons. The second-order valence-corrected chi connectivity index (χ2v) is 3.48. The van der Waals surface area contributed by atoms with Crippen LogP contribution in [0, 0.1) is 5.92 Å². The Labute approximate surface area is 77.5 Å². The molecule has 1 aliphatic rings. The van der Waals surface area contributed by atoms with Gasteiger partial charge >= 0.3 is 0 Å². The smallest absolute Gasteiger partial charge is 0.209 e. The first-order chi connectivity index (χ1) is 6.16. The lowest BCUT2D eigenvalue weighted by molar-refractivity contribution is -0.136. The zero-order chi connectivity index (χ0) is 9.84. The Kier molecular flexibility index (Phi) is 3.34. The second-order valence-electron chi connectivity index (χ2n) is 3.48. The first kappa shape index (κ1) is 10.1. The maximum Gasteiger partial charge on any atom is 0.209 e. The highest BCUT2D eigenvalue weighted by atomic mass is 16.2. The zero-order valence-corrected chi connectivity index (χ0v) is 7.84. The van der Waals surface area contributed by atoms with Crippen LogP contribution in [0.15, 0.2) is 0 Å². The van der Waals surface area contributed by atoms with Crippen molar-refractivity contribution in [3.8, 4) is 0 Å². The number of Topliss-reactive ketones (excluding diaryl/α,β-unsaturated/α-hetero) is 3. The van der Waals surface area contributed by atoms with Crippen LogP contribution < -0.4 is 0 Å². The molecule has 0 aromatic heterocycles. The summed E-state index contributed by atoms with van der Waals surface area (Å²) in [4.78, 5) is 33.1. The molecule has 1 fully saturated rings. The maximum absolute atomic E-state index is 11.1. The van der Waals surface area contributed by atoms with Gasteiger partial charge in [-0.15, -0.1) is 0 Å². The molecule has 1 unspecified atom stereocenters. The highest BCUT2D eigenvalue weighted by molar-refractivity contribution is 6.49. The molecule has 0 saturated heterocycles. The summed E-state index contributed by atoms with van der Waals surface area (Å²) in [6.45, 7) is 2.06. The minimum absolute atomic E-state index is 0.157. The van der Waals surface area contributed by atoms with Crippen LogP contribution in [-0.2, 0) is 14.4 Å². The Hall–Kier alpha value is -0.990. The molecule has 13 heavy (non-hydrogen) atoms. The van der Waals surface area contributed by atoms with Crippen molar-refractivity contribution in [2.45, 2.75) is 39.0 Å². The molecule has 0 spiro atoms. The standard InChI is InChI=1S/C10H14O3/c1-2-3-4-5-7-8(11)6-9(12)10(7)13/h7H,2-6H2,1H3. The predicted molar refractivity (Wildman–Crippen MR) is 47.3 cm³/mol. The average Bonchev–Trinajstić information content (AvgIpc) is 2.32. The molecule has 1 rings (SSSR count). The lowest BCUT2D eigenvalue weighted by Gasteiger charge is -2.03. The molecule has 0 heterocycles. The summed E-state index contributed by atoms with van der Waals surface area (Å²) >= 11 is 0. The van der Waals surface area contributed by atoms with Gasteiger partial charge < -0.3 is 0 Å². The summed E-state index contributed by atoms with van der Waals surface area (Å²) in [6.07, 6.45) is 3.35. The summed E-state index contributed by atoms with van der Waals surface area (Å²) < 4.78 is 0. The first-order valence-electron chi connectivity index (χ1n) is 4.76. The molecule has 0 amide bonds. The van der Waals surface area contributed by atoms with Crippen LogP contribution in [0.5, 0.6) is 0 Å². The van der Waals surface area contributed by atoms with Gasteiger partial charge in [0.15, 0.2) is 5.78 Å². The summed E-state index contributed by atoms with van der Waals surface area (Å²) in [6, 6.07) is 0. The third-order valence-corrected chi connectivity index (χ3v) is 2.41. The Morgan fingerprint density at radius 1 is 1.23 bits per heavy atom. The van der Waals surface area contributed by atoms with Crippen molar-refractivity contribution in [2.75, 3.05) is 0 Å². The van der Waals surface area contributed by atoms with Crippen LogP contribution in [0.3, 0.4) is 0 Å². The quantitative estimate of drug-likeness (QED) is 0.374. The number of unbranched alkanes of at least 4 members (excludes halogenated alkanes) is 2. The molecular formula is C10H14O3. The van der Waals surface area contributed by atoms with Crippen LogP contribution in [-0.4, -0.2) is 17.3 Å². The predicted octanol–water partition coefficient (Wildman–Crippen LogP) is 1.29. The van der Waals surface area contributed by atoms with E-state index in [9.17, 15) is 14.4 Å². The lowest BCUT2D eigenvalue weighted by atomic mass is 9.98. The van der Waals surface area contributed by atoms with Gasteiger partial charge in [-0.1, -0.05) is 26.2 Å². The van der Waals surface area contributed by atoms with Crippen LogP contribution in [0.25, 0.3) is 0 Å². The molecule has 0 aromatic rings. The fourth-order valence-electron chi connectivity index (χ4n) is 1.60. The number of ketones is 3. The molecule has 0 N–H and O–H groups in total. The van der Waals surface area contributed by atoms with E-state index in [2.05, 4.69) is 6.92 Å². The highest BCUT2D eigenvalue weighted by Gasteiger charge is 2.39. The van der Waals surface area contributed by atoms with E-state index in [1.54, 1.807) is 0 Å². The Bertz CT molecular complexity index is 243. The van der Waals surface area contributed by atoms with E-state index in [-0.39, 0.29) is 12.2 Å². The van der Waals surface area contributed by atoms with E-state index >= 15 is 0 Å². The van der Waals surface area contributed by atoms with E-state index in [1.807, 2.05) is 0 Å². The van der Waals surface area contributed by atoms with E-state index in [0.717, 1.165) is 19.3 Å². The summed E-state index contributed by atoms with van der Waals surface area (Å²) in [5, 5.41) is 0. The summed E-state index contributed by atoms with van der Waals surface area (Å²) in [5.41, 5.74) is 0. The Morgan fingerprint density at radius 3 is 2.38 bits per heavy atom. The summed E-state index contributed by atoms with van der Waals surface area (Å²) in [5.74, 6) is -1.72. The van der Waals surface area contributed by atoms with Gasteiger partial charge in [0.05, 0.1) is 12.3 Å². The van der Waals surface area contributed by atoms with Crippen molar-refractivity contribution in [3.63, 3.8) is 0 Å². The van der Waals surface area contributed by atoms with Gasteiger partial charge in [0, 0.05) is 0 Å². The molecule has 1 aliphatic carbocycles. The molecule has 0 aromatic carbocycles. The number of rotatable bonds is 4. The molecule has 3 nitrogen and oxygen atoms in total. The van der Waals surface area contributed by atoms with Gasteiger partial charge in [-0.05, 0) is 6.42 Å². The Morgan fingerprint density at radius 2 is 1.92 bits per heavy atom. The van der Waals surface area contributed by atoms with Crippen molar-refractivity contribution < 1.29 is 14.4 Å². The van der Waals surface area contributed by atoms with Gasteiger partial charge in [-0.2, -0.15) is 0 Å². The SMILES string of the molecule is CCCCCC1C(=O)CC(=O)C1=O. The molecule has 1 atom stereocenters. The van der Waals surface area contributed by atoms with E-state index in [1.165, 1.54) is 0 Å². The van der Waals surface area contributed by atoms with E-state index < -0.39 is 17.5 Å². The molecule has 1 saturated carbocycles. The van der Waals surface area contributed by atoms with Crippen molar-refractivity contribution in [1.82, 2.24) is 0 Å². The molecular weight excluding hydrogens is 168 g/mol. The van der Waals surface area contributed by atoms with Gasteiger partial charge in [-0.3, -0.25) is 14.4 Å². The zero-order valence-electron chi connectivity index (χ0n) is 7.84. The van der Waals surface area contributed by atoms with Crippen LogP contribution >= 0.6 is 0 Å². The highest BCUT2D eigenvalue weighted by Crippen LogP contribution is 2.20.